The second-order valence-corrected chi connectivity index (χ2v) is 2.71. The fraction of sp³-hybridized carbons (Fsp3) is 0.143. The number of hydrogen-bond donors (Lipinski definition) is 0. The Morgan fingerprint density at radius 1 is 1.11 bits per heavy atom. The van der Waals surface area contributed by atoms with Crippen LogP contribution in [0.15, 0.2) is 28.7 Å². The van der Waals surface area contributed by atoms with Crippen molar-refractivity contribution in [2.75, 3.05) is 0 Å². The number of rotatable bonds is 0. The third-order valence-electron chi connectivity index (χ3n) is 1.01. The van der Waals surface area contributed by atoms with Gasteiger partial charge in [0.15, 0.2) is 0 Å². The third kappa shape index (κ3) is 2.63. The van der Waals surface area contributed by atoms with E-state index in [9.17, 15) is 0 Å². The van der Waals surface area contributed by atoms with Gasteiger partial charge in [-0.15, -0.1) is 0 Å². The number of hydrogen-bond acceptors (Lipinski definition) is 0. The van der Waals surface area contributed by atoms with Crippen LogP contribution in [0.1, 0.15) is 5.56 Å². The minimum atomic E-state index is 0. The Bertz CT molecular complexity index is 148. The van der Waals surface area contributed by atoms with Crippen LogP contribution in [0.4, 0.5) is 0 Å². The summed E-state index contributed by atoms with van der Waals surface area (Å²) in [7, 11) is 0. The monoisotopic (exact) mass is 188 g/mol. The highest BCUT2D eigenvalue weighted by Gasteiger charge is 1.81. The molecule has 0 aliphatic carbocycles. The fourth-order valence-electron chi connectivity index (χ4n) is 0.533. The molecule has 1 aromatic carbocycles. The van der Waals surface area contributed by atoms with E-state index in [4.69, 9.17) is 0 Å². The number of halogens is 1. The van der Waals surface area contributed by atoms with E-state index in [2.05, 4.69) is 35.0 Å². The Morgan fingerprint density at radius 2 is 1.56 bits per heavy atom. The Morgan fingerprint density at radius 3 is 1.89 bits per heavy atom. The molecule has 0 atom stereocenters. The molecule has 9 heavy (non-hydrogen) atoms. The van der Waals surface area contributed by atoms with Crippen molar-refractivity contribution < 1.29 is 5.48 Å². The van der Waals surface area contributed by atoms with E-state index in [-0.39, 0.29) is 5.48 Å². The van der Waals surface area contributed by atoms with Crippen molar-refractivity contribution in [2.45, 2.75) is 6.92 Å². The molecule has 0 aliphatic heterocycles. The van der Waals surface area contributed by atoms with Crippen molar-refractivity contribution >= 4 is 15.9 Å². The quantitative estimate of drug-likeness (QED) is 0.597. The zero-order chi connectivity index (χ0) is 5.98. The normalized spacial score (nSPS) is 8.22. The first kappa shape index (κ1) is 8.66. The van der Waals surface area contributed by atoms with Crippen LogP contribution in [0, 0.1) is 6.92 Å². The Balaban J connectivity index is 0.000000640. The Kier molecular flexibility index (Phi) is 3.50. The SMILES string of the molecule is Cc1ccc(Br)cc1.O. The molecule has 1 nitrogen and oxygen atoms in total. The molecule has 2 N–H and O–H groups in total. The molecule has 2 heteroatoms. The summed E-state index contributed by atoms with van der Waals surface area (Å²) in [6.45, 7) is 2.08. The lowest BCUT2D eigenvalue weighted by Crippen LogP contribution is -1.66. The molecular formula is C7H9BrO. The molecule has 0 fully saturated rings. The predicted octanol–water partition coefficient (Wildman–Crippen LogP) is 1.93. The van der Waals surface area contributed by atoms with E-state index in [0.29, 0.717) is 0 Å². The molecule has 50 valence electrons. The van der Waals surface area contributed by atoms with Gasteiger partial charge in [0.1, 0.15) is 0 Å². The predicted molar refractivity (Wildman–Crippen MR) is 42.5 cm³/mol. The van der Waals surface area contributed by atoms with Crippen molar-refractivity contribution in [2.24, 2.45) is 0 Å². The minimum absolute atomic E-state index is 0. The maximum Gasteiger partial charge on any atom is 0.0175 e. The van der Waals surface area contributed by atoms with Crippen molar-refractivity contribution in [3.63, 3.8) is 0 Å². The molecule has 0 amide bonds. The van der Waals surface area contributed by atoms with Gasteiger partial charge < -0.3 is 5.48 Å². The molecule has 0 radical (unpaired) electrons. The van der Waals surface area contributed by atoms with Gasteiger partial charge in [-0.3, -0.25) is 0 Å². The van der Waals surface area contributed by atoms with Crippen molar-refractivity contribution in [3.05, 3.63) is 34.3 Å². The van der Waals surface area contributed by atoms with Crippen LogP contribution in [0.3, 0.4) is 0 Å². The lowest BCUT2D eigenvalue weighted by molar-refractivity contribution is 0.824. The lowest BCUT2D eigenvalue weighted by atomic mass is 10.2. The average molecular weight is 189 g/mol. The second-order valence-electron chi connectivity index (χ2n) is 1.80. The first-order chi connectivity index (χ1) is 3.79. The van der Waals surface area contributed by atoms with Gasteiger partial charge in [-0.25, -0.2) is 0 Å². The highest BCUT2D eigenvalue weighted by atomic mass is 79.9. The maximum absolute atomic E-state index is 3.35. The van der Waals surface area contributed by atoms with Crippen LogP contribution < -0.4 is 0 Å². The van der Waals surface area contributed by atoms with Crippen LogP contribution in [0.2, 0.25) is 0 Å². The van der Waals surface area contributed by atoms with Gasteiger partial charge in [-0.2, -0.15) is 0 Å². The Hall–Kier alpha value is -0.340. The van der Waals surface area contributed by atoms with Crippen LogP contribution in [-0.4, -0.2) is 5.48 Å². The van der Waals surface area contributed by atoms with E-state index in [1.165, 1.54) is 5.56 Å². The van der Waals surface area contributed by atoms with Crippen LogP contribution in [0.25, 0.3) is 0 Å². The zero-order valence-electron chi connectivity index (χ0n) is 5.19. The number of aryl methyl sites for hydroxylation is 1. The molecule has 0 bridgehead atoms. The summed E-state index contributed by atoms with van der Waals surface area (Å²) in [5.74, 6) is 0. The Labute approximate surface area is 63.1 Å². The van der Waals surface area contributed by atoms with Gasteiger partial charge in [-0.1, -0.05) is 33.6 Å². The van der Waals surface area contributed by atoms with E-state index < -0.39 is 0 Å². The van der Waals surface area contributed by atoms with E-state index in [1.54, 1.807) is 0 Å². The third-order valence-corrected chi connectivity index (χ3v) is 1.54. The summed E-state index contributed by atoms with van der Waals surface area (Å²) in [6, 6.07) is 8.22. The first-order valence-electron chi connectivity index (χ1n) is 2.51. The largest absolute Gasteiger partial charge is 0.412 e. The standard InChI is InChI=1S/C7H7Br.H2O/c1-6-2-4-7(8)5-3-6;/h2-5H,1H3;1H2. The molecule has 0 unspecified atom stereocenters. The lowest BCUT2D eigenvalue weighted by Gasteiger charge is -1.88. The molecule has 0 spiro atoms. The molecular weight excluding hydrogens is 180 g/mol. The molecule has 0 aliphatic rings. The number of benzene rings is 1. The summed E-state index contributed by atoms with van der Waals surface area (Å²) in [5, 5.41) is 0. The maximum atomic E-state index is 3.35. The smallest absolute Gasteiger partial charge is 0.0175 e. The van der Waals surface area contributed by atoms with Crippen LogP contribution >= 0.6 is 15.9 Å². The van der Waals surface area contributed by atoms with Crippen molar-refractivity contribution in [1.82, 2.24) is 0 Å². The average Bonchev–Trinajstić information content (AvgIpc) is 1.77. The van der Waals surface area contributed by atoms with Gasteiger partial charge in [0.05, 0.1) is 0 Å². The zero-order valence-corrected chi connectivity index (χ0v) is 6.77. The fourth-order valence-corrected chi connectivity index (χ4v) is 0.798. The van der Waals surface area contributed by atoms with E-state index in [1.807, 2.05) is 12.1 Å². The second kappa shape index (κ2) is 3.64. The summed E-state index contributed by atoms with van der Waals surface area (Å²) in [6.07, 6.45) is 0. The van der Waals surface area contributed by atoms with Gasteiger partial charge in [0, 0.05) is 4.47 Å². The van der Waals surface area contributed by atoms with Gasteiger partial charge >= 0.3 is 0 Å². The molecule has 0 saturated heterocycles. The summed E-state index contributed by atoms with van der Waals surface area (Å²) >= 11 is 3.35. The minimum Gasteiger partial charge on any atom is -0.412 e. The van der Waals surface area contributed by atoms with Crippen LogP contribution in [0.5, 0.6) is 0 Å². The van der Waals surface area contributed by atoms with Crippen molar-refractivity contribution in [1.29, 1.82) is 0 Å². The highest BCUT2D eigenvalue weighted by molar-refractivity contribution is 9.10. The molecule has 1 aromatic rings. The van der Waals surface area contributed by atoms with Gasteiger partial charge in [-0.05, 0) is 19.1 Å². The molecule has 0 saturated carbocycles. The molecule has 1 rings (SSSR count). The highest BCUT2D eigenvalue weighted by Crippen LogP contribution is 2.08. The molecule has 0 aromatic heterocycles. The van der Waals surface area contributed by atoms with Crippen LogP contribution in [-0.2, 0) is 0 Å². The van der Waals surface area contributed by atoms with Gasteiger partial charge in [0.2, 0.25) is 0 Å². The molecule has 0 heterocycles. The first-order valence-corrected chi connectivity index (χ1v) is 3.30. The summed E-state index contributed by atoms with van der Waals surface area (Å²) in [4.78, 5) is 0. The van der Waals surface area contributed by atoms with Crippen molar-refractivity contribution in [3.8, 4) is 0 Å². The van der Waals surface area contributed by atoms with Gasteiger partial charge in [0.25, 0.3) is 0 Å². The van der Waals surface area contributed by atoms with E-state index >= 15 is 0 Å². The summed E-state index contributed by atoms with van der Waals surface area (Å²) in [5.41, 5.74) is 1.30. The van der Waals surface area contributed by atoms with E-state index in [0.717, 1.165) is 4.47 Å². The topological polar surface area (TPSA) is 31.5 Å². The summed E-state index contributed by atoms with van der Waals surface area (Å²) < 4.78 is 1.14.